The number of nitrogens with two attached hydrogens (primary N) is 1. The van der Waals surface area contributed by atoms with Gasteiger partial charge in [0.25, 0.3) is 0 Å². The van der Waals surface area contributed by atoms with Gasteiger partial charge in [0.05, 0.1) is 25.2 Å². The summed E-state index contributed by atoms with van der Waals surface area (Å²) >= 11 is 0. The number of hydrogen-bond donors (Lipinski definition) is 4. The Morgan fingerprint density at radius 1 is 1.10 bits per heavy atom. The zero-order valence-corrected chi connectivity index (χ0v) is 15.8. The first-order chi connectivity index (χ1) is 14.0. The normalized spacial score (nSPS) is 10.4. The van der Waals surface area contributed by atoms with E-state index >= 15 is 0 Å². The number of carbonyl (C=O) groups is 1. The van der Waals surface area contributed by atoms with Gasteiger partial charge in [-0.05, 0) is 23.8 Å². The molecule has 0 unspecified atom stereocenters. The molecule has 0 saturated heterocycles. The Labute approximate surface area is 167 Å². The van der Waals surface area contributed by atoms with E-state index < -0.39 is 6.03 Å². The first-order valence-corrected chi connectivity index (χ1v) is 8.81. The van der Waals surface area contributed by atoms with E-state index in [0.29, 0.717) is 30.1 Å². The van der Waals surface area contributed by atoms with Gasteiger partial charge in [-0.15, -0.1) is 0 Å². The predicted molar refractivity (Wildman–Crippen MR) is 109 cm³/mol. The third-order valence-corrected chi connectivity index (χ3v) is 4.03. The molecule has 0 atom stereocenters. The number of anilines is 3. The number of aromatic nitrogens is 2. The Kier molecular flexibility index (Phi) is 6.54. The Hall–Kier alpha value is -3.72. The summed E-state index contributed by atoms with van der Waals surface area (Å²) in [6, 6.07) is 11.5. The van der Waals surface area contributed by atoms with Gasteiger partial charge in [0, 0.05) is 18.7 Å². The quantitative estimate of drug-likeness (QED) is 0.488. The molecule has 3 rings (SSSR count). The molecule has 8 nitrogen and oxygen atoms in total. The van der Waals surface area contributed by atoms with E-state index in [0.717, 1.165) is 5.56 Å². The molecule has 0 aliphatic carbocycles. The van der Waals surface area contributed by atoms with Crippen LogP contribution >= 0.6 is 0 Å². The van der Waals surface area contributed by atoms with Crippen molar-refractivity contribution in [3.8, 4) is 5.75 Å². The minimum atomic E-state index is -0.493. The Balaban J connectivity index is 1.58. The van der Waals surface area contributed by atoms with Crippen LogP contribution in [-0.4, -0.2) is 23.1 Å². The second kappa shape index (κ2) is 9.47. The minimum absolute atomic E-state index is 0.242. The van der Waals surface area contributed by atoms with Crippen LogP contribution < -0.4 is 26.4 Å². The lowest BCUT2D eigenvalue weighted by molar-refractivity contribution is 0.262. The molecular formula is C20H21FN6O2. The molecule has 0 spiro atoms. The number of nitrogens with zero attached hydrogens (tertiary/aromatic N) is 2. The van der Waals surface area contributed by atoms with Crippen LogP contribution in [0.1, 0.15) is 11.1 Å². The zero-order chi connectivity index (χ0) is 20.6. The molecule has 9 heteroatoms. The number of carbonyl (C=O) groups excluding carboxylic acids is 1. The number of rotatable bonds is 7. The largest absolute Gasteiger partial charge is 0.495 e. The number of nitrogens with one attached hydrogen (secondary N) is 3. The lowest BCUT2D eigenvalue weighted by Gasteiger charge is -2.13. The van der Waals surface area contributed by atoms with E-state index in [1.807, 2.05) is 6.07 Å². The molecule has 0 bridgehead atoms. The van der Waals surface area contributed by atoms with Gasteiger partial charge in [0.1, 0.15) is 17.4 Å². The van der Waals surface area contributed by atoms with Gasteiger partial charge >= 0.3 is 6.03 Å². The second-order valence-corrected chi connectivity index (χ2v) is 6.14. The smallest absolute Gasteiger partial charge is 0.324 e. The number of amides is 2. The number of benzene rings is 2. The van der Waals surface area contributed by atoms with Gasteiger partial charge in [-0.2, -0.15) is 0 Å². The highest BCUT2D eigenvalue weighted by atomic mass is 19.1. The van der Waals surface area contributed by atoms with Crippen LogP contribution in [0.3, 0.4) is 0 Å². The SMILES string of the molecule is COc1cc(CNCc2ccccc2F)ccc1NC(=O)Nc1cnc(N)cn1. The molecule has 2 amide bonds. The fraction of sp³-hybridized carbons (Fsp3) is 0.150. The molecule has 29 heavy (non-hydrogen) atoms. The number of urea groups is 1. The highest BCUT2D eigenvalue weighted by Gasteiger charge is 2.10. The van der Waals surface area contributed by atoms with Crippen LogP contribution in [0.4, 0.5) is 26.5 Å². The van der Waals surface area contributed by atoms with E-state index in [9.17, 15) is 9.18 Å². The van der Waals surface area contributed by atoms with Crippen molar-refractivity contribution in [3.63, 3.8) is 0 Å². The van der Waals surface area contributed by atoms with E-state index in [-0.39, 0.29) is 17.5 Å². The lowest BCUT2D eigenvalue weighted by Crippen LogP contribution is -2.21. The highest BCUT2D eigenvalue weighted by molar-refractivity contribution is 6.00. The summed E-state index contributed by atoms with van der Waals surface area (Å²) in [5, 5.41) is 8.44. The maximum Gasteiger partial charge on any atom is 0.324 e. The fourth-order valence-electron chi connectivity index (χ4n) is 2.60. The van der Waals surface area contributed by atoms with Gasteiger partial charge in [0.15, 0.2) is 5.82 Å². The molecule has 5 N–H and O–H groups in total. The summed E-state index contributed by atoms with van der Waals surface area (Å²) in [4.78, 5) is 20.0. The Morgan fingerprint density at radius 2 is 1.93 bits per heavy atom. The minimum Gasteiger partial charge on any atom is -0.495 e. The second-order valence-electron chi connectivity index (χ2n) is 6.14. The van der Waals surface area contributed by atoms with Gasteiger partial charge in [-0.25, -0.2) is 19.2 Å². The maximum absolute atomic E-state index is 13.7. The highest BCUT2D eigenvalue weighted by Crippen LogP contribution is 2.26. The van der Waals surface area contributed by atoms with E-state index in [2.05, 4.69) is 25.9 Å². The topological polar surface area (TPSA) is 114 Å². The number of nitrogen functional groups attached to an aromatic ring is 1. The molecule has 0 aliphatic heterocycles. The molecule has 1 heterocycles. The van der Waals surface area contributed by atoms with E-state index in [4.69, 9.17) is 10.5 Å². The maximum atomic E-state index is 13.7. The van der Waals surface area contributed by atoms with Crippen molar-refractivity contribution >= 4 is 23.4 Å². The van der Waals surface area contributed by atoms with Crippen LogP contribution in [0.5, 0.6) is 5.75 Å². The summed E-state index contributed by atoms with van der Waals surface area (Å²) in [5.41, 5.74) is 7.48. The Morgan fingerprint density at radius 3 is 2.66 bits per heavy atom. The third kappa shape index (κ3) is 5.63. The molecule has 150 valence electrons. The summed E-state index contributed by atoms with van der Waals surface area (Å²) < 4.78 is 19.0. The van der Waals surface area contributed by atoms with Crippen LogP contribution in [0, 0.1) is 5.82 Å². The van der Waals surface area contributed by atoms with Gasteiger partial charge in [-0.1, -0.05) is 24.3 Å². The van der Waals surface area contributed by atoms with Gasteiger partial charge < -0.3 is 21.1 Å². The number of methoxy groups -OCH3 is 1. The van der Waals surface area contributed by atoms with Crippen LogP contribution in [0.2, 0.25) is 0 Å². The van der Waals surface area contributed by atoms with E-state index in [1.165, 1.54) is 25.6 Å². The molecule has 1 aromatic heterocycles. The Bertz CT molecular complexity index is 981. The molecule has 0 saturated carbocycles. The van der Waals surface area contributed by atoms with E-state index in [1.54, 1.807) is 30.3 Å². The van der Waals surface area contributed by atoms with Crippen molar-refractivity contribution in [1.29, 1.82) is 0 Å². The van der Waals surface area contributed by atoms with Crippen molar-refractivity contribution in [3.05, 3.63) is 71.8 Å². The van der Waals surface area contributed by atoms with Gasteiger partial charge in [-0.3, -0.25) is 5.32 Å². The number of halogens is 1. The predicted octanol–water partition coefficient (Wildman–Crippen LogP) is 3.14. The van der Waals surface area contributed by atoms with Gasteiger partial charge in [0.2, 0.25) is 0 Å². The van der Waals surface area contributed by atoms with Crippen LogP contribution in [0.25, 0.3) is 0 Å². The van der Waals surface area contributed by atoms with Crippen molar-refractivity contribution in [1.82, 2.24) is 15.3 Å². The van der Waals surface area contributed by atoms with Crippen molar-refractivity contribution in [2.75, 3.05) is 23.5 Å². The van der Waals surface area contributed by atoms with Crippen molar-refractivity contribution in [2.45, 2.75) is 13.1 Å². The molecule has 2 aromatic carbocycles. The summed E-state index contributed by atoms with van der Waals surface area (Å²) in [7, 11) is 1.51. The molecule has 0 fully saturated rings. The number of ether oxygens (including phenoxy) is 1. The monoisotopic (exact) mass is 396 g/mol. The molecule has 0 radical (unpaired) electrons. The average Bonchev–Trinajstić information content (AvgIpc) is 2.72. The first kappa shape index (κ1) is 20.0. The molecule has 3 aromatic rings. The third-order valence-electron chi connectivity index (χ3n) is 4.03. The van der Waals surface area contributed by atoms with Crippen molar-refractivity contribution < 1.29 is 13.9 Å². The average molecular weight is 396 g/mol. The summed E-state index contributed by atoms with van der Waals surface area (Å²) in [6.07, 6.45) is 2.70. The van der Waals surface area contributed by atoms with Crippen molar-refractivity contribution in [2.24, 2.45) is 0 Å². The number of hydrogen-bond acceptors (Lipinski definition) is 6. The first-order valence-electron chi connectivity index (χ1n) is 8.81. The zero-order valence-electron chi connectivity index (χ0n) is 15.8. The molecular weight excluding hydrogens is 375 g/mol. The summed E-state index contributed by atoms with van der Waals surface area (Å²) in [5.74, 6) is 0.782. The molecule has 0 aliphatic rings. The lowest BCUT2D eigenvalue weighted by atomic mass is 10.1. The van der Waals surface area contributed by atoms with Crippen LogP contribution in [-0.2, 0) is 13.1 Å². The van der Waals surface area contributed by atoms with Crippen LogP contribution in [0.15, 0.2) is 54.9 Å². The fourth-order valence-corrected chi connectivity index (χ4v) is 2.60. The standard InChI is InChI=1S/C20H21FN6O2/c1-29-17-8-13(9-23-10-14-4-2-3-5-15(14)21)6-7-16(17)26-20(28)27-19-12-24-18(22)11-25-19/h2-8,11-12,23H,9-10H2,1H3,(H2,22,24)(H2,25,26,27,28). The summed E-state index contributed by atoms with van der Waals surface area (Å²) in [6.45, 7) is 0.915.